The molecule has 0 bridgehead atoms. The van der Waals surface area contributed by atoms with Crippen LogP contribution in [0.15, 0.2) is 61.1 Å². The van der Waals surface area contributed by atoms with Gasteiger partial charge in [-0.15, -0.1) is 0 Å². The Hall–Kier alpha value is -3.28. The molecule has 3 aromatic rings. The lowest BCUT2D eigenvalue weighted by Crippen LogP contribution is -2.32. The quantitative estimate of drug-likeness (QED) is 0.710. The lowest BCUT2D eigenvalue weighted by molar-refractivity contribution is -0.127. The van der Waals surface area contributed by atoms with Gasteiger partial charge in [-0.1, -0.05) is 6.08 Å². The summed E-state index contributed by atoms with van der Waals surface area (Å²) in [6.07, 6.45) is 9.23. The third-order valence-corrected chi connectivity index (χ3v) is 4.44. The molecule has 0 radical (unpaired) electrons. The summed E-state index contributed by atoms with van der Waals surface area (Å²) in [5, 5.41) is 4.64. The molecular formula is C20H17FN4O. The molecule has 1 amide bonds. The van der Waals surface area contributed by atoms with E-state index in [0.29, 0.717) is 5.65 Å². The van der Waals surface area contributed by atoms with Gasteiger partial charge in [0.2, 0.25) is 5.91 Å². The second-order valence-corrected chi connectivity index (χ2v) is 6.22. The Labute approximate surface area is 150 Å². The van der Waals surface area contributed by atoms with Crippen molar-refractivity contribution in [2.45, 2.75) is 19.9 Å². The van der Waals surface area contributed by atoms with Crippen LogP contribution in [0.4, 0.5) is 4.39 Å². The second-order valence-electron chi connectivity index (χ2n) is 6.22. The molecule has 1 aliphatic rings. The molecule has 3 heterocycles. The number of carbonyl (C=O) groups is 1. The fourth-order valence-corrected chi connectivity index (χ4v) is 3.21. The molecule has 0 saturated carbocycles. The predicted octanol–water partition coefficient (Wildman–Crippen LogP) is 3.68. The maximum Gasteiger partial charge on any atom is 0.223 e. The molecule has 0 aliphatic carbocycles. The van der Waals surface area contributed by atoms with Crippen LogP contribution in [0.25, 0.3) is 22.5 Å². The highest BCUT2D eigenvalue weighted by atomic mass is 19.1. The summed E-state index contributed by atoms with van der Waals surface area (Å²) in [6, 6.07) is 7.98. The van der Waals surface area contributed by atoms with Crippen molar-refractivity contribution >= 4 is 17.1 Å². The molecule has 4 rings (SSSR count). The Morgan fingerprint density at radius 2 is 2.00 bits per heavy atom. The summed E-state index contributed by atoms with van der Waals surface area (Å²) in [4.78, 5) is 17.9. The number of amides is 1. The monoisotopic (exact) mass is 348 g/mol. The number of rotatable bonds is 2. The Kier molecular flexibility index (Phi) is 3.88. The van der Waals surface area contributed by atoms with Gasteiger partial charge in [-0.2, -0.15) is 5.10 Å². The van der Waals surface area contributed by atoms with E-state index >= 15 is 0 Å². The Bertz CT molecular complexity index is 1050. The van der Waals surface area contributed by atoms with Gasteiger partial charge in [-0.3, -0.25) is 4.79 Å². The van der Waals surface area contributed by atoms with Crippen LogP contribution in [0.5, 0.6) is 0 Å². The number of fused-ring (bicyclic) bond motifs is 1. The average molecular weight is 348 g/mol. The zero-order valence-corrected chi connectivity index (χ0v) is 14.4. The molecule has 26 heavy (non-hydrogen) atoms. The van der Waals surface area contributed by atoms with Crippen molar-refractivity contribution in [3.8, 4) is 11.3 Å². The van der Waals surface area contributed by atoms with Crippen LogP contribution >= 0.6 is 0 Å². The SMILES string of the molecule is CC(=O)N1C=CC(c2c(-c3ccc(F)cc3)nn3cccnc23)=CC1C. The van der Waals surface area contributed by atoms with Crippen molar-refractivity contribution in [1.82, 2.24) is 19.5 Å². The van der Waals surface area contributed by atoms with Crippen molar-refractivity contribution in [2.75, 3.05) is 0 Å². The largest absolute Gasteiger partial charge is 0.313 e. The van der Waals surface area contributed by atoms with E-state index in [4.69, 9.17) is 0 Å². The highest BCUT2D eigenvalue weighted by Gasteiger charge is 2.23. The standard InChI is InChI=1S/C20H17FN4O/c1-13-12-16(8-11-24(13)14(2)26)18-19(15-4-6-17(21)7-5-15)23-25-10-3-9-22-20(18)25/h3-13H,1-2H3. The maximum absolute atomic E-state index is 13.3. The zero-order valence-electron chi connectivity index (χ0n) is 14.4. The van der Waals surface area contributed by atoms with Crippen LogP contribution in [0, 0.1) is 5.82 Å². The van der Waals surface area contributed by atoms with Crippen LogP contribution in [0.3, 0.4) is 0 Å². The first-order valence-electron chi connectivity index (χ1n) is 8.33. The smallest absolute Gasteiger partial charge is 0.223 e. The molecule has 1 unspecified atom stereocenters. The third kappa shape index (κ3) is 2.69. The van der Waals surface area contributed by atoms with Crippen LogP contribution < -0.4 is 0 Å². The van der Waals surface area contributed by atoms with E-state index < -0.39 is 0 Å². The van der Waals surface area contributed by atoms with Crippen molar-refractivity contribution in [3.05, 3.63) is 72.5 Å². The van der Waals surface area contributed by atoms with E-state index in [-0.39, 0.29) is 17.8 Å². The highest BCUT2D eigenvalue weighted by Crippen LogP contribution is 2.34. The molecule has 130 valence electrons. The van der Waals surface area contributed by atoms with Crippen LogP contribution in [0.1, 0.15) is 19.4 Å². The van der Waals surface area contributed by atoms with Crippen molar-refractivity contribution in [2.24, 2.45) is 0 Å². The lowest BCUT2D eigenvalue weighted by Gasteiger charge is -2.26. The van der Waals surface area contributed by atoms with Gasteiger partial charge in [0.05, 0.1) is 11.6 Å². The maximum atomic E-state index is 13.3. The topological polar surface area (TPSA) is 50.5 Å². The number of aromatic nitrogens is 3. The van der Waals surface area contributed by atoms with Crippen molar-refractivity contribution in [1.29, 1.82) is 0 Å². The number of hydrogen-bond acceptors (Lipinski definition) is 3. The van der Waals surface area contributed by atoms with Gasteiger partial charge in [0, 0.05) is 31.1 Å². The summed E-state index contributed by atoms with van der Waals surface area (Å²) in [7, 11) is 0. The van der Waals surface area contributed by atoms with Gasteiger partial charge in [-0.05, 0) is 48.9 Å². The minimum Gasteiger partial charge on any atom is -0.313 e. The molecule has 1 aliphatic heterocycles. The van der Waals surface area contributed by atoms with Gasteiger partial charge in [-0.25, -0.2) is 13.9 Å². The first-order valence-corrected chi connectivity index (χ1v) is 8.33. The number of benzene rings is 1. The predicted molar refractivity (Wildman–Crippen MR) is 97.5 cm³/mol. The van der Waals surface area contributed by atoms with E-state index in [1.807, 2.05) is 31.3 Å². The van der Waals surface area contributed by atoms with Gasteiger partial charge < -0.3 is 4.90 Å². The first kappa shape index (κ1) is 16.2. The molecule has 2 aromatic heterocycles. The lowest BCUT2D eigenvalue weighted by atomic mass is 9.97. The molecule has 5 nitrogen and oxygen atoms in total. The highest BCUT2D eigenvalue weighted by molar-refractivity contribution is 5.92. The average Bonchev–Trinajstić information content (AvgIpc) is 3.01. The summed E-state index contributed by atoms with van der Waals surface area (Å²) in [5.74, 6) is -0.305. The van der Waals surface area contributed by atoms with Crippen molar-refractivity contribution in [3.63, 3.8) is 0 Å². The Morgan fingerprint density at radius 1 is 1.23 bits per heavy atom. The molecule has 0 spiro atoms. The van der Waals surface area contributed by atoms with E-state index in [9.17, 15) is 9.18 Å². The summed E-state index contributed by atoms with van der Waals surface area (Å²) < 4.78 is 15.0. The fraction of sp³-hybridized carbons (Fsp3) is 0.150. The van der Waals surface area contributed by atoms with Gasteiger partial charge >= 0.3 is 0 Å². The zero-order chi connectivity index (χ0) is 18.3. The normalized spacial score (nSPS) is 16.8. The summed E-state index contributed by atoms with van der Waals surface area (Å²) >= 11 is 0. The second kappa shape index (κ2) is 6.22. The number of nitrogens with zero attached hydrogens (tertiary/aromatic N) is 4. The molecule has 0 N–H and O–H groups in total. The van der Waals surface area contributed by atoms with E-state index in [1.165, 1.54) is 12.1 Å². The van der Waals surface area contributed by atoms with Crippen LogP contribution in [-0.2, 0) is 4.79 Å². The van der Waals surface area contributed by atoms with Crippen LogP contribution in [-0.4, -0.2) is 31.4 Å². The minimum absolute atomic E-state index is 0.0132. The van der Waals surface area contributed by atoms with E-state index in [0.717, 1.165) is 22.4 Å². The fourth-order valence-electron chi connectivity index (χ4n) is 3.21. The Morgan fingerprint density at radius 3 is 2.69 bits per heavy atom. The molecule has 0 fully saturated rings. The van der Waals surface area contributed by atoms with Gasteiger partial charge in [0.1, 0.15) is 11.5 Å². The van der Waals surface area contributed by atoms with Gasteiger partial charge in [0.15, 0.2) is 5.65 Å². The Balaban J connectivity index is 1.90. The van der Waals surface area contributed by atoms with Crippen LogP contribution in [0.2, 0.25) is 0 Å². The van der Waals surface area contributed by atoms with Gasteiger partial charge in [0.25, 0.3) is 0 Å². The van der Waals surface area contributed by atoms with Crippen molar-refractivity contribution < 1.29 is 9.18 Å². The number of carbonyl (C=O) groups excluding carboxylic acids is 1. The summed E-state index contributed by atoms with van der Waals surface area (Å²) in [5.41, 5.74) is 4.05. The summed E-state index contributed by atoms with van der Waals surface area (Å²) in [6.45, 7) is 3.50. The van der Waals surface area contributed by atoms with E-state index in [2.05, 4.69) is 10.1 Å². The van der Waals surface area contributed by atoms with E-state index in [1.54, 1.807) is 40.9 Å². The molecule has 6 heteroatoms. The molecule has 1 aromatic carbocycles. The third-order valence-electron chi connectivity index (χ3n) is 4.44. The number of hydrogen-bond donors (Lipinski definition) is 0. The first-order chi connectivity index (χ1) is 12.5. The molecule has 1 atom stereocenters. The number of halogens is 1. The molecule has 0 saturated heterocycles. The molecular weight excluding hydrogens is 331 g/mol. The minimum atomic E-state index is -0.292. The number of allylic oxidation sites excluding steroid dienone is 2.